The molecule has 0 unspecified atom stereocenters. The average molecular weight is 399 g/mol. The Morgan fingerprint density at radius 2 is 1.93 bits per heavy atom. The molecule has 0 atom stereocenters. The highest BCUT2D eigenvalue weighted by Gasteiger charge is 2.30. The highest BCUT2D eigenvalue weighted by Crippen LogP contribution is 2.45. The van der Waals surface area contributed by atoms with Gasteiger partial charge in [-0.05, 0) is 42.3 Å². The third-order valence-corrected chi connectivity index (χ3v) is 5.52. The molecule has 0 aliphatic carbocycles. The van der Waals surface area contributed by atoms with Crippen LogP contribution in [0, 0.1) is 10.1 Å². The summed E-state index contributed by atoms with van der Waals surface area (Å²) in [4.78, 5) is 29.9. The van der Waals surface area contributed by atoms with Gasteiger partial charge in [-0.15, -0.1) is 0 Å². The smallest absolute Gasteiger partial charge is 0.337 e. The van der Waals surface area contributed by atoms with Gasteiger partial charge in [0.1, 0.15) is 0 Å². The second-order valence-electron chi connectivity index (χ2n) is 7.17. The fourth-order valence-corrected chi connectivity index (χ4v) is 4.12. The molecule has 0 bridgehead atoms. The van der Waals surface area contributed by atoms with E-state index in [9.17, 15) is 14.9 Å². The Bertz CT molecular complexity index is 1230. The van der Waals surface area contributed by atoms with Crippen molar-refractivity contribution in [3.8, 4) is 0 Å². The van der Waals surface area contributed by atoms with E-state index in [0.717, 1.165) is 41.2 Å². The number of fused-ring (bicyclic) bond motifs is 2. The van der Waals surface area contributed by atoms with Crippen molar-refractivity contribution in [1.82, 2.24) is 0 Å². The molecule has 2 aliphatic rings. The first kappa shape index (κ1) is 18.1. The highest BCUT2D eigenvalue weighted by molar-refractivity contribution is 6.19. The van der Waals surface area contributed by atoms with Crippen molar-refractivity contribution < 1.29 is 14.5 Å². The summed E-state index contributed by atoms with van der Waals surface area (Å²) in [5.74, 6) is -0.422. The van der Waals surface area contributed by atoms with E-state index in [-0.39, 0.29) is 5.69 Å². The van der Waals surface area contributed by atoms with Gasteiger partial charge >= 0.3 is 5.97 Å². The molecule has 0 amide bonds. The molecule has 0 radical (unpaired) electrons. The van der Waals surface area contributed by atoms with Crippen LogP contribution in [0.4, 0.5) is 22.7 Å². The van der Waals surface area contributed by atoms with E-state index >= 15 is 0 Å². The van der Waals surface area contributed by atoms with Gasteiger partial charge in [0.25, 0.3) is 5.69 Å². The summed E-state index contributed by atoms with van der Waals surface area (Å²) >= 11 is 0. The van der Waals surface area contributed by atoms with Gasteiger partial charge in [-0.3, -0.25) is 10.1 Å². The van der Waals surface area contributed by atoms with Crippen LogP contribution in [0.5, 0.6) is 0 Å². The topological polar surface area (TPSA) is 85.0 Å². The molecule has 2 heterocycles. The number of benzene rings is 3. The third kappa shape index (κ3) is 2.75. The molecule has 0 fully saturated rings. The fourth-order valence-electron chi connectivity index (χ4n) is 4.12. The van der Waals surface area contributed by atoms with Crippen molar-refractivity contribution in [2.75, 3.05) is 18.6 Å². The van der Waals surface area contributed by atoms with Gasteiger partial charge in [0.05, 0.1) is 40.4 Å². The zero-order valence-corrected chi connectivity index (χ0v) is 16.2. The molecule has 0 N–H and O–H groups in total. The molecule has 3 aromatic rings. The van der Waals surface area contributed by atoms with Crippen LogP contribution < -0.4 is 4.90 Å². The molecule has 3 aromatic carbocycles. The van der Waals surface area contributed by atoms with E-state index < -0.39 is 10.9 Å². The average Bonchev–Trinajstić information content (AvgIpc) is 3.15. The number of anilines is 2. The Morgan fingerprint density at radius 1 is 1.13 bits per heavy atom. The number of methoxy groups -OCH3 is 1. The minimum Gasteiger partial charge on any atom is -0.465 e. The number of para-hydroxylation sites is 1. The molecule has 7 nitrogen and oxygen atoms in total. The molecule has 30 heavy (non-hydrogen) atoms. The number of aliphatic imine (C=N–C) groups is 1. The summed E-state index contributed by atoms with van der Waals surface area (Å²) in [6, 6.07) is 17.9. The predicted octanol–water partition coefficient (Wildman–Crippen LogP) is 4.56. The van der Waals surface area contributed by atoms with Crippen LogP contribution in [0.25, 0.3) is 0 Å². The molecule has 0 spiro atoms. The van der Waals surface area contributed by atoms with Gasteiger partial charge in [0.2, 0.25) is 0 Å². The maximum atomic E-state index is 12.1. The Labute approximate surface area is 172 Å². The van der Waals surface area contributed by atoms with Gasteiger partial charge in [0.15, 0.2) is 0 Å². The first-order valence-electron chi connectivity index (χ1n) is 9.52. The number of rotatable bonds is 3. The standard InChI is InChI=1S/C23H17N3O4/c1-30-23(27)16-7-10-20-19(13-16)24-21(14-5-8-17(9-6-14)26(28)29)18-4-2-3-15-11-12-25(20)22(15)18/h2-10,13H,11-12H2,1H3. The Hall–Kier alpha value is -4.00. The molecule has 0 aromatic heterocycles. The van der Waals surface area contributed by atoms with Crippen molar-refractivity contribution in [1.29, 1.82) is 0 Å². The molecular formula is C23H17N3O4. The summed E-state index contributed by atoms with van der Waals surface area (Å²) in [5.41, 5.74) is 6.82. The highest BCUT2D eigenvalue weighted by atomic mass is 16.6. The summed E-state index contributed by atoms with van der Waals surface area (Å²) in [7, 11) is 1.35. The van der Waals surface area contributed by atoms with Crippen LogP contribution in [-0.2, 0) is 11.2 Å². The fraction of sp³-hybridized carbons (Fsp3) is 0.130. The van der Waals surface area contributed by atoms with Gasteiger partial charge in [-0.2, -0.15) is 0 Å². The largest absolute Gasteiger partial charge is 0.465 e. The second kappa shape index (κ2) is 6.81. The number of nitro benzene ring substituents is 1. The maximum absolute atomic E-state index is 12.1. The predicted molar refractivity (Wildman–Crippen MR) is 113 cm³/mol. The van der Waals surface area contributed by atoms with Gasteiger partial charge in [-0.1, -0.05) is 18.2 Å². The van der Waals surface area contributed by atoms with E-state index in [1.807, 2.05) is 18.2 Å². The number of non-ortho nitro benzene ring substituents is 1. The number of ether oxygens (including phenoxy) is 1. The number of hydrogen-bond donors (Lipinski definition) is 0. The number of nitrogens with zero attached hydrogens (tertiary/aromatic N) is 3. The van der Waals surface area contributed by atoms with Crippen LogP contribution in [-0.4, -0.2) is 30.3 Å². The quantitative estimate of drug-likeness (QED) is 0.366. The van der Waals surface area contributed by atoms with Crippen molar-refractivity contribution in [2.45, 2.75) is 6.42 Å². The van der Waals surface area contributed by atoms with Gasteiger partial charge < -0.3 is 9.64 Å². The van der Waals surface area contributed by atoms with Gasteiger partial charge in [0, 0.05) is 29.8 Å². The van der Waals surface area contributed by atoms with E-state index in [4.69, 9.17) is 9.73 Å². The lowest BCUT2D eigenvalue weighted by molar-refractivity contribution is -0.384. The zero-order chi connectivity index (χ0) is 20.8. The van der Waals surface area contributed by atoms with Crippen molar-refractivity contribution in [3.63, 3.8) is 0 Å². The second-order valence-corrected chi connectivity index (χ2v) is 7.17. The number of nitro groups is 1. The monoisotopic (exact) mass is 399 g/mol. The number of hydrogen-bond acceptors (Lipinski definition) is 6. The van der Waals surface area contributed by atoms with Crippen molar-refractivity contribution in [3.05, 3.63) is 93.0 Å². The maximum Gasteiger partial charge on any atom is 0.337 e. The molecule has 2 aliphatic heterocycles. The Morgan fingerprint density at radius 3 is 2.67 bits per heavy atom. The van der Waals surface area contributed by atoms with Crippen LogP contribution in [0.2, 0.25) is 0 Å². The lowest BCUT2D eigenvalue weighted by Crippen LogP contribution is -2.15. The lowest BCUT2D eigenvalue weighted by Gasteiger charge is -2.21. The Balaban J connectivity index is 1.75. The van der Waals surface area contributed by atoms with Crippen molar-refractivity contribution in [2.24, 2.45) is 4.99 Å². The first-order chi connectivity index (χ1) is 14.6. The number of carbonyl (C=O) groups excluding carboxylic acids is 1. The van der Waals surface area contributed by atoms with E-state index in [1.54, 1.807) is 24.3 Å². The molecule has 7 heteroatoms. The van der Waals surface area contributed by atoms with E-state index in [2.05, 4.69) is 11.0 Å². The normalized spacial score (nSPS) is 13.8. The van der Waals surface area contributed by atoms with Crippen LogP contribution in [0.15, 0.2) is 65.7 Å². The summed E-state index contributed by atoms with van der Waals surface area (Å²) in [6.45, 7) is 0.819. The van der Waals surface area contributed by atoms with Crippen molar-refractivity contribution >= 4 is 34.4 Å². The molecule has 0 saturated carbocycles. The lowest BCUT2D eigenvalue weighted by atomic mass is 9.98. The molecular weight excluding hydrogens is 382 g/mol. The van der Waals surface area contributed by atoms with E-state index in [0.29, 0.717) is 11.3 Å². The first-order valence-corrected chi connectivity index (χ1v) is 9.52. The number of esters is 1. The van der Waals surface area contributed by atoms with E-state index in [1.165, 1.54) is 24.8 Å². The van der Waals surface area contributed by atoms with Gasteiger partial charge in [-0.25, -0.2) is 9.79 Å². The summed E-state index contributed by atoms with van der Waals surface area (Å²) in [6.07, 6.45) is 0.912. The molecule has 148 valence electrons. The zero-order valence-electron chi connectivity index (χ0n) is 16.2. The minimum absolute atomic E-state index is 0.0290. The third-order valence-electron chi connectivity index (χ3n) is 5.52. The summed E-state index contributed by atoms with van der Waals surface area (Å²) in [5, 5.41) is 11.1. The summed E-state index contributed by atoms with van der Waals surface area (Å²) < 4.78 is 4.87. The molecule has 5 rings (SSSR count). The SMILES string of the molecule is COC(=O)c1ccc2c(c1)N=C(c1ccc([N+](=O)[O-])cc1)c1cccc3c1N2CC3. The van der Waals surface area contributed by atoms with Crippen LogP contribution >= 0.6 is 0 Å². The van der Waals surface area contributed by atoms with Crippen LogP contribution in [0.3, 0.4) is 0 Å². The Kier molecular flexibility index (Phi) is 4.10. The number of carbonyl (C=O) groups is 1. The molecule has 0 saturated heterocycles. The van der Waals surface area contributed by atoms with Crippen LogP contribution in [0.1, 0.15) is 27.0 Å². The minimum atomic E-state index is -0.422.